The first-order valence-electron chi connectivity index (χ1n) is 12.5. The van der Waals surface area contributed by atoms with Gasteiger partial charge in [-0.1, -0.05) is 91.0 Å². The lowest BCUT2D eigenvalue weighted by Crippen LogP contribution is -2.18. The summed E-state index contributed by atoms with van der Waals surface area (Å²) in [6, 6.07) is 35.8. The fourth-order valence-electron chi connectivity index (χ4n) is 5.16. The minimum absolute atomic E-state index is 0.0446. The van der Waals surface area contributed by atoms with Crippen molar-refractivity contribution in [3.63, 3.8) is 0 Å². The molecule has 0 amide bonds. The quantitative estimate of drug-likeness (QED) is 0.254. The Kier molecular flexibility index (Phi) is 5.96. The Bertz CT molecular complexity index is 1580. The smallest absolute Gasteiger partial charge is 0.140 e. The van der Waals surface area contributed by atoms with Gasteiger partial charge >= 0.3 is 0 Å². The maximum Gasteiger partial charge on any atom is 0.140 e. The van der Waals surface area contributed by atoms with Crippen molar-refractivity contribution in [1.29, 1.82) is 0 Å². The molecule has 0 aliphatic carbocycles. The maximum atomic E-state index is 6.57. The van der Waals surface area contributed by atoms with Gasteiger partial charge in [0.05, 0.1) is 0 Å². The molecule has 5 aromatic rings. The lowest BCUT2D eigenvalue weighted by Gasteiger charge is -2.30. The number of aryl methyl sites for hydroxylation is 1. The molecule has 3 heteroatoms. The Morgan fingerprint density at radius 3 is 2.39 bits per heavy atom. The molecule has 0 radical (unpaired) electrons. The fourth-order valence-corrected chi connectivity index (χ4v) is 5.16. The van der Waals surface area contributed by atoms with Crippen LogP contribution >= 0.6 is 0 Å². The van der Waals surface area contributed by atoms with E-state index in [1.165, 1.54) is 33.2 Å². The van der Waals surface area contributed by atoms with Crippen molar-refractivity contribution in [2.45, 2.75) is 19.3 Å². The zero-order chi connectivity index (χ0) is 24.3. The molecule has 1 aliphatic heterocycles. The van der Waals surface area contributed by atoms with Gasteiger partial charge in [0.1, 0.15) is 11.5 Å². The number of aromatic nitrogens is 1. The summed E-state index contributed by atoms with van der Waals surface area (Å²) in [4.78, 5) is 8.33. The average Bonchev–Trinajstić information content (AvgIpc) is 3.34. The van der Waals surface area contributed by atoms with E-state index in [9.17, 15) is 0 Å². The number of fused-ring (bicyclic) bond motifs is 2. The third-order valence-electron chi connectivity index (χ3n) is 6.97. The molecule has 1 N–H and O–H groups in total. The predicted molar refractivity (Wildman–Crippen MR) is 149 cm³/mol. The first kappa shape index (κ1) is 22.1. The maximum absolute atomic E-state index is 6.57. The minimum Gasteiger partial charge on any atom is -0.456 e. The van der Waals surface area contributed by atoms with E-state index in [1.54, 1.807) is 0 Å². The van der Waals surface area contributed by atoms with E-state index >= 15 is 0 Å². The Labute approximate surface area is 211 Å². The summed E-state index contributed by atoms with van der Waals surface area (Å²) in [7, 11) is 0. The number of rotatable bonds is 6. The number of hydrogen-bond donors (Lipinski definition) is 1. The summed E-state index contributed by atoms with van der Waals surface area (Å²) < 4.78 is 6.57. The lowest BCUT2D eigenvalue weighted by molar-refractivity contribution is 0.488. The summed E-state index contributed by atoms with van der Waals surface area (Å²) in [5.41, 5.74) is 8.32. The fraction of sp³-hybridized carbons (Fsp3) is 0.121. The van der Waals surface area contributed by atoms with Crippen molar-refractivity contribution in [2.24, 2.45) is 4.99 Å². The van der Waals surface area contributed by atoms with Crippen molar-refractivity contribution < 1.29 is 4.74 Å². The Balaban J connectivity index is 1.42. The van der Waals surface area contributed by atoms with E-state index in [-0.39, 0.29) is 5.92 Å². The molecule has 0 saturated heterocycles. The van der Waals surface area contributed by atoms with Crippen LogP contribution in [0.3, 0.4) is 0 Å². The number of nitrogens with zero attached hydrogens (tertiary/aromatic N) is 1. The van der Waals surface area contributed by atoms with E-state index < -0.39 is 0 Å². The van der Waals surface area contributed by atoms with Gasteiger partial charge in [0, 0.05) is 52.5 Å². The molecule has 0 saturated carbocycles. The second kappa shape index (κ2) is 9.71. The molecule has 1 unspecified atom stereocenters. The van der Waals surface area contributed by atoms with Crippen molar-refractivity contribution in [1.82, 2.24) is 4.98 Å². The zero-order valence-corrected chi connectivity index (χ0v) is 20.3. The van der Waals surface area contributed by atoms with Crippen molar-refractivity contribution in [2.75, 3.05) is 6.54 Å². The lowest BCUT2D eigenvalue weighted by atomic mass is 9.80. The number of ether oxygens (including phenoxy) is 1. The van der Waals surface area contributed by atoms with Gasteiger partial charge in [-0.05, 0) is 42.2 Å². The highest BCUT2D eigenvalue weighted by atomic mass is 16.5. The van der Waals surface area contributed by atoms with E-state index in [1.807, 2.05) is 18.3 Å². The topological polar surface area (TPSA) is 37.4 Å². The van der Waals surface area contributed by atoms with Crippen LogP contribution < -0.4 is 4.74 Å². The van der Waals surface area contributed by atoms with Crippen LogP contribution in [0.25, 0.3) is 16.7 Å². The molecule has 2 heterocycles. The van der Waals surface area contributed by atoms with Crippen LogP contribution in [0.1, 0.15) is 33.7 Å². The van der Waals surface area contributed by atoms with Gasteiger partial charge in [0.25, 0.3) is 0 Å². The molecular formula is C33H28N2O. The summed E-state index contributed by atoms with van der Waals surface area (Å²) in [6.07, 6.45) is 5.02. The molecule has 36 heavy (non-hydrogen) atoms. The molecule has 3 nitrogen and oxygen atoms in total. The Morgan fingerprint density at radius 1 is 0.806 bits per heavy atom. The van der Waals surface area contributed by atoms with Crippen LogP contribution in [0, 0.1) is 6.92 Å². The Hall–Kier alpha value is -4.37. The summed E-state index contributed by atoms with van der Waals surface area (Å²) in [6.45, 7) is 2.89. The van der Waals surface area contributed by atoms with Gasteiger partial charge in [-0.25, -0.2) is 0 Å². The molecule has 0 spiro atoms. The van der Waals surface area contributed by atoms with Gasteiger partial charge < -0.3 is 9.72 Å². The van der Waals surface area contributed by atoms with E-state index in [0.717, 1.165) is 29.1 Å². The molecule has 6 rings (SSSR count). The van der Waals surface area contributed by atoms with Crippen LogP contribution in [0.5, 0.6) is 5.75 Å². The highest BCUT2D eigenvalue weighted by molar-refractivity contribution is 5.94. The average molecular weight is 469 g/mol. The van der Waals surface area contributed by atoms with Crippen molar-refractivity contribution >= 4 is 22.9 Å². The van der Waals surface area contributed by atoms with Crippen LogP contribution in [0.15, 0.2) is 120 Å². The molecule has 1 aliphatic rings. The number of allylic oxidation sites excluding steroid dienone is 1. The number of nitrogens with one attached hydrogen (secondary N) is 1. The minimum atomic E-state index is 0.0446. The van der Waals surface area contributed by atoms with Crippen LogP contribution in [-0.4, -0.2) is 17.7 Å². The van der Waals surface area contributed by atoms with Gasteiger partial charge in [0.15, 0.2) is 0 Å². The molecule has 176 valence electrons. The predicted octanol–water partition coefficient (Wildman–Crippen LogP) is 7.73. The summed E-state index contributed by atoms with van der Waals surface area (Å²) in [5, 5.41) is 1.27. The van der Waals surface area contributed by atoms with Crippen molar-refractivity contribution in [3.8, 4) is 5.75 Å². The molecule has 4 aromatic carbocycles. The molecule has 0 bridgehead atoms. The number of benzene rings is 4. The Morgan fingerprint density at radius 2 is 1.53 bits per heavy atom. The summed E-state index contributed by atoms with van der Waals surface area (Å²) in [5.74, 6) is 1.82. The first-order chi connectivity index (χ1) is 17.8. The monoisotopic (exact) mass is 468 g/mol. The molecule has 0 fully saturated rings. The van der Waals surface area contributed by atoms with E-state index in [0.29, 0.717) is 6.54 Å². The number of hydrogen-bond acceptors (Lipinski definition) is 2. The third-order valence-corrected chi connectivity index (χ3v) is 6.97. The number of aliphatic imine (C=N–C) groups is 1. The number of H-pyrrole nitrogens is 1. The van der Waals surface area contributed by atoms with Crippen LogP contribution in [0.2, 0.25) is 0 Å². The first-order valence-corrected chi connectivity index (χ1v) is 12.5. The highest BCUT2D eigenvalue weighted by Crippen LogP contribution is 2.45. The number of para-hydroxylation sites is 2. The second-order valence-electron chi connectivity index (χ2n) is 9.22. The number of aromatic amines is 1. The standard InChI is InChI=1S/C33H28N2O/c1-23-11-5-6-14-26(23)32-28-16-8-10-18-31(28)36-33(24-12-3-2-4-13-24)29(32)22-34-20-19-25-21-35-30-17-9-7-15-27(25)30/h2-18,21-22,32,35H,19-20H2,1H3. The van der Waals surface area contributed by atoms with Gasteiger partial charge in [-0.3, -0.25) is 4.99 Å². The van der Waals surface area contributed by atoms with Gasteiger partial charge in [0.2, 0.25) is 0 Å². The normalized spacial score (nSPS) is 15.3. The highest BCUT2D eigenvalue weighted by Gasteiger charge is 2.31. The van der Waals surface area contributed by atoms with Crippen LogP contribution in [0.4, 0.5) is 0 Å². The molecule has 1 aromatic heterocycles. The van der Waals surface area contributed by atoms with E-state index in [2.05, 4.69) is 109 Å². The largest absolute Gasteiger partial charge is 0.456 e. The molecular weight excluding hydrogens is 440 g/mol. The van der Waals surface area contributed by atoms with Crippen LogP contribution in [-0.2, 0) is 6.42 Å². The summed E-state index contributed by atoms with van der Waals surface area (Å²) >= 11 is 0. The van der Waals surface area contributed by atoms with E-state index in [4.69, 9.17) is 9.73 Å². The third kappa shape index (κ3) is 4.14. The van der Waals surface area contributed by atoms with Gasteiger partial charge in [-0.2, -0.15) is 0 Å². The van der Waals surface area contributed by atoms with Crippen molar-refractivity contribution in [3.05, 3.63) is 143 Å². The SMILES string of the molecule is Cc1ccccc1C1C(C=NCCc2c[nH]c3ccccc23)=C(c2ccccc2)Oc2ccccc21. The van der Waals surface area contributed by atoms with Gasteiger partial charge in [-0.15, -0.1) is 0 Å². The second-order valence-corrected chi connectivity index (χ2v) is 9.22. The zero-order valence-electron chi connectivity index (χ0n) is 20.3. The molecule has 1 atom stereocenters.